The molecule has 0 saturated heterocycles. The molecule has 0 fully saturated rings. The first-order chi connectivity index (χ1) is 15.8. The summed E-state index contributed by atoms with van der Waals surface area (Å²) in [4.78, 5) is 13.6. The summed E-state index contributed by atoms with van der Waals surface area (Å²) in [6.45, 7) is -0.0725. The third-order valence-electron chi connectivity index (χ3n) is 4.49. The Morgan fingerprint density at radius 2 is 1.94 bits per heavy atom. The number of thioether (sulfide) groups is 1. The van der Waals surface area contributed by atoms with Crippen LogP contribution in [-0.2, 0) is 21.4 Å². The Labute approximate surface area is 205 Å². The molecule has 1 amide bonds. The molecule has 180 valence electrons. The fraction of sp³-hybridized carbons (Fsp3) is 0.200. The van der Waals surface area contributed by atoms with Crippen molar-refractivity contribution in [2.45, 2.75) is 18.4 Å². The van der Waals surface area contributed by atoms with E-state index in [2.05, 4.69) is 20.7 Å². The molecule has 8 nitrogen and oxygen atoms in total. The van der Waals surface area contributed by atoms with Crippen LogP contribution in [0.5, 0.6) is 5.75 Å². The SMILES string of the molecule is CS(=O)(=O)N1C(C(N)=O)=C(Br)SC1N(Cc1cccc(OC(F)(F)F)c1)c1ccc(C#N)cc1. The van der Waals surface area contributed by atoms with Crippen molar-refractivity contribution in [1.29, 1.82) is 5.26 Å². The standard InChI is InChI=1S/C20H16BrF3N4O4S2/c1-34(30,31)28-16(18(26)29)17(21)33-19(28)27(14-7-5-12(10-25)6-8-14)11-13-3-2-4-15(9-13)32-20(22,23)24/h2-9,19H,11H2,1H3,(H2,26,29). The van der Waals surface area contributed by atoms with Gasteiger partial charge in [0.05, 0.1) is 21.7 Å². The van der Waals surface area contributed by atoms with Gasteiger partial charge in [-0.15, -0.1) is 13.2 Å². The summed E-state index contributed by atoms with van der Waals surface area (Å²) in [5.74, 6) is -1.42. The number of nitrogens with zero attached hydrogens (tertiary/aromatic N) is 3. The topological polar surface area (TPSA) is 117 Å². The van der Waals surface area contributed by atoms with Crippen molar-refractivity contribution in [3.05, 3.63) is 69.2 Å². The molecular formula is C20H16BrF3N4O4S2. The van der Waals surface area contributed by atoms with E-state index in [0.29, 0.717) is 16.8 Å². The second-order valence-corrected chi connectivity index (χ2v) is 11.2. The highest BCUT2D eigenvalue weighted by Crippen LogP contribution is 2.46. The van der Waals surface area contributed by atoms with Crippen LogP contribution < -0.4 is 15.4 Å². The molecule has 0 spiro atoms. The third kappa shape index (κ3) is 5.96. The van der Waals surface area contributed by atoms with Crippen molar-refractivity contribution < 1.29 is 31.1 Å². The number of carbonyl (C=O) groups excluding carboxylic acids is 1. The van der Waals surface area contributed by atoms with Gasteiger partial charge in [0.25, 0.3) is 5.91 Å². The second kappa shape index (κ2) is 9.77. The average molecular weight is 577 g/mol. The number of rotatable bonds is 7. The Balaban J connectivity index is 2.08. The van der Waals surface area contributed by atoms with Crippen LogP contribution in [0.25, 0.3) is 0 Å². The van der Waals surface area contributed by atoms with Gasteiger partial charge >= 0.3 is 6.36 Å². The molecule has 1 unspecified atom stereocenters. The number of hydrogen-bond acceptors (Lipinski definition) is 7. The lowest BCUT2D eigenvalue weighted by Crippen LogP contribution is -2.47. The number of anilines is 1. The van der Waals surface area contributed by atoms with Gasteiger partial charge in [0.1, 0.15) is 11.4 Å². The number of amides is 1. The fourth-order valence-electron chi connectivity index (χ4n) is 3.18. The van der Waals surface area contributed by atoms with Crippen LogP contribution in [-0.4, -0.2) is 36.7 Å². The van der Waals surface area contributed by atoms with E-state index in [1.807, 2.05) is 6.07 Å². The minimum Gasteiger partial charge on any atom is -0.406 e. The number of sulfonamides is 1. The number of hydrogen-bond donors (Lipinski definition) is 1. The highest BCUT2D eigenvalue weighted by atomic mass is 79.9. The van der Waals surface area contributed by atoms with Gasteiger partial charge in [-0.2, -0.15) is 5.26 Å². The molecular weight excluding hydrogens is 561 g/mol. The number of alkyl halides is 3. The van der Waals surface area contributed by atoms with Gasteiger partial charge in [0.15, 0.2) is 5.50 Å². The van der Waals surface area contributed by atoms with E-state index in [0.717, 1.165) is 28.4 Å². The maximum atomic E-state index is 12.7. The van der Waals surface area contributed by atoms with Crippen LogP contribution in [0.15, 0.2) is 58.0 Å². The summed E-state index contributed by atoms with van der Waals surface area (Å²) >= 11 is 4.17. The van der Waals surface area contributed by atoms with Crippen LogP contribution in [0.3, 0.4) is 0 Å². The Kier molecular flexibility index (Phi) is 7.39. The zero-order chi connectivity index (χ0) is 25.3. The van der Waals surface area contributed by atoms with Crippen LogP contribution in [0.2, 0.25) is 0 Å². The highest BCUT2D eigenvalue weighted by molar-refractivity contribution is 9.14. The number of halogens is 4. The Hall–Kier alpha value is -2.89. The molecule has 3 rings (SSSR count). The maximum Gasteiger partial charge on any atom is 0.573 e. The molecule has 14 heteroatoms. The summed E-state index contributed by atoms with van der Waals surface area (Å²) in [6, 6.07) is 13.3. The first kappa shape index (κ1) is 25.7. The van der Waals surface area contributed by atoms with E-state index in [1.165, 1.54) is 24.3 Å². The number of nitriles is 1. The predicted molar refractivity (Wildman–Crippen MR) is 124 cm³/mol. The molecule has 2 aromatic rings. The minimum atomic E-state index is -4.88. The Morgan fingerprint density at radius 1 is 1.29 bits per heavy atom. The largest absolute Gasteiger partial charge is 0.573 e. The van der Waals surface area contributed by atoms with Crippen LogP contribution in [0, 0.1) is 11.3 Å². The molecule has 0 aliphatic carbocycles. The van der Waals surface area contributed by atoms with Crippen LogP contribution in [0.1, 0.15) is 11.1 Å². The summed E-state index contributed by atoms with van der Waals surface area (Å²) in [5.41, 5.74) is 5.25. The summed E-state index contributed by atoms with van der Waals surface area (Å²) in [7, 11) is -4.01. The number of nitrogens with two attached hydrogens (primary N) is 1. The molecule has 0 saturated carbocycles. The Morgan fingerprint density at radius 3 is 2.47 bits per heavy atom. The van der Waals surface area contributed by atoms with E-state index >= 15 is 0 Å². The van der Waals surface area contributed by atoms with Gasteiger partial charge in [0.2, 0.25) is 10.0 Å². The molecule has 0 bridgehead atoms. The minimum absolute atomic E-state index is 0.0725. The van der Waals surface area contributed by atoms with Gasteiger partial charge in [-0.3, -0.25) is 4.79 Å². The lowest BCUT2D eigenvalue weighted by molar-refractivity contribution is -0.274. The Bertz CT molecular complexity index is 1280. The lowest BCUT2D eigenvalue weighted by Gasteiger charge is -2.36. The van der Waals surface area contributed by atoms with E-state index < -0.39 is 33.5 Å². The summed E-state index contributed by atoms with van der Waals surface area (Å²) in [5, 5.41) is 9.09. The molecule has 2 N–H and O–H groups in total. The van der Waals surface area contributed by atoms with Crippen molar-refractivity contribution in [2.24, 2.45) is 5.73 Å². The monoisotopic (exact) mass is 576 g/mol. The first-order valence-electron chi connectivity index (χ1n) is 9.27. The normalized spacial score (nSPS) is 16.4. The summed E-state index contributed by atoms with van der Waals surface area (Å²) in [6.07, 6.45) is -3.98. The predicted octanol–water partition coefficient (Wildman–Crippen LogP) is 3.80. The van der Waals surface area contributed by atoms with Crippen LogP contribution in [0.4, 0.5) is 18.9 Å². The van der Waals surface area contributed by atoms with Crippen molar-refractivity contribution in [3.63, 3.8) is 0 Å². The average Bonchev–Trinajstić information content (AvgIpc) is 3.09. The zero-order valence-electron chi connectivity index (χ0n) is 17.3. The van der Waals surface area contributed by atoms with Gasteiger partial charge in [-0.1, -0.05) is 23.9 Å². The first-order valence-corrected chi connectivity index (χ1v) is 12.8. The van der Waals surface area contributed by atoms with E-state index in [4.69, 9.17) is 11.0 Å². The van der Waals surface area contributed by atoms with Gasteiger partial charge < -0.3 is 15.4 Å². The quantitative estimate of drug-likeness (QED) is 0.532. The molecule has 0 radical (unpaired) electrons. The lowest BCUT2D eigenvalue weighted by atomic mass is 10.1. The molecule has 1 aliphatic heterocycles. The van der Waals surface area contributed by atoms with Gasteiger partial charge in [-0.25, -0.2) is 12.7 Å². The van der Waals surface area contributed by atoms with E-state index in [9.17, 15) is 26.4 Å². The fourth-order valence-corrected chi connectivity index (χ4v) is 6.82. The summed E-state index contributed by atoms with van der Waals surface area (Å²) < 4.78 is 68.3. The number of primary amides is 1. The number of ether oxygens (including phenoxy) is 1. The molecule has 34 heavy (non-hydrogen) atoms. The number of carbonyl (C=O) groups is 1. The molecule has 0 aromatic heterocycles. The van der Waals surface area contributed by atoms with Crippen LogP contribution >= 0.6 is 27.7 Å². The molecule has 1 aliphatic rings. The van der Waals surface area contributed by atoms with E-state index in [1.54, 1.807) is 23.1 Å². The zero-order valence-corrected chi connectivity index (χ0v) is 20.5. The van der Waals surface area contributed by atoms with Gasteiger partial charge in [0, 0.05) is 12.2 Å². The van der Waals surface area contributed by atoms with Gasteiger partial charge in [-0.05, 0) is 57.9 Å². The number of benzene rings is 2. The molecule has 2 aromatic carbocycles. The highest BCUT2D eigenvalue weighted by Gasteiger charge is 2.43. The molecule has 1 atom stereocenters. The van der Waals surface area contributed by atoms with Crippen molar-refractivity contribution in [3.8, 4) is 11.8 Å². The third-order valence-corrected chi connectivity index (χ3v) is 7.73. The molecule has 1 heterocycles. The maximum absolute atomic E-state index is 12.7. The van der Waals surface area contributed by atoms with E-state index in [-0.39, 0.29) is 16.1 Å². The van der Waals surface area contributed by atoms with Crippen molar-refractivity contribution in [2.75, 3.05) is 11.2 Å². The smallest absolute Gasteiger partial charge is 0.406 e. The van der Waals surface area contributed by atoms with Crippen molar-refractivity contribution in [1.82, 2.24) is 4.31 Å². The second-order valence-electron chi connectivity index (χ2n) is 6.97. The van der Waals surface area contributed by atoms with Crippen molar-refractivity contribution >= 4 is 49.3 Å².